The lowest BCUT2D eigenvalue weighted by atomic mass is 9.76. The van der Waals surface area contributed by atoms with Crippen LogP contribution < -0.4 is 4.74 Å². The minimum absolute atomic E-state index is 0.145. The van der Waals surface area contributed by atoms with Crippen LogP contribution in [0, 0.1) is 5.41 Å². The van der Waals surface area contributed by atoms with E-state index < -0.39 is 5.97 Å². The lowest BCUT2D eigenvalue weighted by Gasteiger charge is -2.29. The van der Waals surface area contributed by atoms with Crippen molar-refractivity contribution < 1.29 is 14.6 Å². The molecule has 1 N–H and O–H groups in total. The summed E-state index contributed by atoms with van der Waals surface area (Å²) in [5.74, 6) is -0.108. The molecule has 0 atom stereocenters. The van der Waals surface area contributed by atoms with Crippen LogP contribution in [0.3, 0.4) is 0 Å². The van der Waals surface area contributed by atoms with Gasteiger partial charge < -0.3 is 14.7 Å². The van der Waals surface area contributed by atoms with Crippen molar-refractivity contribution in [1.82, 2.24) is 4.90 Å². The third kappa shape index (κ3) is 3.64. The molecule has 0 saturated heterocycles. The molecule has 1 aliphatic carbocycles. The standard InChI is InChI=1S/C21H27NO3S/c1-21(2)9-8-17-15(11-21)18(20(23)24)19(26-17)14-10-13(12-22(3)4)6-7-16(14)25-5/h6-7,10H,8-9,11-12H2,1-5H3,(H,23,24). The molecule has 0 amide bonds. The van der Waals surface area contributed by atoms with Crippen molar-refractivity contribution in [1.29, 1.82) is 0 Å². The highest BCUT2D eigenvalue weighted by atomic mass is 32.1. The Bertz CT molecular complexity index is 836. The van der Waals surface area contributed by atoms with Gasteiger partial charge in [0, 0.05) is 17.0 Å². The van der Waals surface area contributed by atoms with Crippen LogP contribution in [0.15, 0.2) is 18.2 Å². The smallest absolute Gasteiger partial charge is 0.337 e. The Hall–Kier alpha value is -1.85. The molecule has 0 saturated carbocycles. The minimum atomic E-state index is -0.838. The Kier molecular flexibility index (Phi) is 5.13. The van der Waals surface area contributed by atoms with Gasteiger partial charge >= 0.3 is 5.97 Å². The summed E-state index contributed by atoms with van der Waals surface area (Å²) < 4.78 is 5.57. The van der Waals surface area contributed by atoms with E-state index in [0.717, 1.165) is 53.1 Å². The number of carbonyl (C=O) groups is 1. The predicted molar refractivity (Wildman–Crippen MR) is 106 cm³/mol. The fourth-order valence-electron chi connectivity index (χ4n) is 3.73. The lowest BCUT2D eigenvalue weighted by Crippen LogP contribution is -2.22. The number of hydrogen-bond acceptors (Lipinski definition) is 4. The maximum atomic E-state index is 12.2. The number of methoxy groups -OCH3 is 1. The highest BCUT2D eigenvalue weighted by Gasteiger charge is 2.33. The van der Waals surface area contributed by atoms with Crippen molar-refractivity contribution in [3.05, 3.63) is 39.8 Å². The van der Waals surface area contributed by atoms with E-state index in [2.05, 4.69) is 24.8 Å². The first-order valence-corrected chi connectivity index (χ1v) is 9.73. The van der Waals surface area contributed by atoms with Crippen molar-refractivity contribution in [2.75, 3.05) is 21.2 Å². The summed E-state index contributed by atoms with van der Waals surface area (Å²) in [6, 6.07) is 6.07. The van der Waals surface area contributed by atoms with Gasteiger partial charge in [-0.25, -0.2) is 4.79 Å². The Morgan fingerprint density at radius 2 is 2.08 bits per heavy atom. The SMILES string of the molecule is COc1ccc(CN(C)C)cc1-c1sc2c(c1C(=O)O)CC(C)(C)CC2. The largest absolute Gasteiger partial charge is 0.496 e. The molecule has 5 heteroatoms. The van der Waals surface area contributed by atoms with E-state index in [-0.39, 0.29) is 5.41 Å². The average Bonchev–Trinajstić information content (AvgIpc) is 2.91. The molecule has 26 heavy (non-hydrogen) atoms. The van der Waals surface area contributed by atoms with E-state index in [0.29, 0.717) is 5.56 Å². The van der Waals surface area contributed by atoms with Gasteiger partial charge in [-0.3, -0.25) is 0 Å². The van der Waals surface area contributed by atoms with Crippen molar-refractivity contribution in [2.24, 2.45) is 5.41 Å². The van der Waals surface area contributed by atoms with Gasteiger partial charge in [0.2, 0.25) is 0 Å². The molecule has 0 bridgehead atoms. The molecule has 0 spiro atoms. The first kappa shape index (κ1) is 18.9. The molecule has 1 aromatic heterocycles. The number of carboxylic acid groups (broad SMARTS) is 1. The summed E-state index contributed by atoms with van der Waals surface area (Å²) in [6.07, 6.45) is 2.87. The van der Waals surface area contributed by atoms with Crippen LogP contribution in [0.2, 0.25) is 0 Å². The number of benzene rings is 1. The number of fused-ring (bicyclic) bond motifs is 1. The van der Waals surface area contributed by atoms with E-state index in [1.54, 1.807) is 18.4 Å². The summed E-state index contributed by atoms with van der Waals surface area (Å²) in [5.41, 5.74) is 3.68. The molecule has 0 fully saturated rings. The number of nitrogens with zero attached hydrogens (tertiary/aromatic N) is 1. The van der Waals surface area contributed by atoms with E-state index in [1.165, 1.54) is 4.88 Å². The van der Waals surface area contributed by atoms with Gasteiger partial charge in [0.15, 0.2) is 0 Å². The molecule has 140 valence electrons. The van der Waals surface area contributed by atoms with Gasteiger partial charge in [-0.15, -0.1) is 11.3 Å². The second-order valence-electron chi connectivity index (χ2n) is 8.13. The first-order chi connectivity index (χ1) is 12.2. The van der Waals surface area contributed by atoms with E-state index >= 15 is 0 Å². The molecule has 4 nitrogen and oxygen atoms in total. The molecule has 0 unspecified atom stereocenters. The first-order valence-electron chi connectivity index (χ1n) is 8.91. The summed E-state index contributed by atoms with van der Waals surface area (Å²) in [5, 5.41) is 9.98. The maximum Gasteiger partial charge on any atom is 0.337 e. The topological polar surface area (TPSA) is 49.8 Å². The molecule has 1 aromatic carbocycles. The summed E-state index contributed by atoms with van der Waals surface area (Å²) >= 11 is 1.63. The van der Waals surface area contributed by atoms with Gasteiger partial charge in [-0.2, -0.15) is 0 Å². The second kappa shape index (κ2) is 7.05. The van der Waals surface area contributed by atoms with Crippen LogP contribution >= 0.6 is 11.3 Å². The third-order valence-electron chi connectivity index (χ3n) is 5.00. The van der Waals surface area contributed by atoms with Crippen molar-refractivity contribution in [3.8, 4) is 16.2 Å². The monoisotopic (exact) mass is 373 g/mol. The number of carboxylic acids is 1. The summed E-state index contributed by atoms with van der Waals surface area (Å²) in [6.45, 7) is 5.24. The van der Waals surface area contributed by atoms with Crippen LogP contribution in [0.1, 0.15) is 46.6 Å². The van der Waals surface area contributed by atoms with E-state index in [1.807, 2.05) is 26.2 Å². The Labute approximate surface area is 159 Å². The number of ether oxygens (including phenoxy) is 1. The van der Waals surface area contributed by atoms with Crippen LogP contribution in [0.25, 0.3) is 10.4 Å². The number of aromatic carboxylic acids is 1. The van der Waals surface area contributed by atoms with Gasteiger partial charge in [0.1, 0.15) is 5.75 Å². The highest BCUT2D eigenvalue weighted by Crippen LogP contribution is 2.47. The molecule has 2 aromatic rings. The minimum Gasteiger partial charge on any atom is -0.496 e. The Morgan fingerprint density at radius 3 is 2.69 bits per heavy atom. The average molecular weight is 374 g/mol. The third-order valence-corrected chi connectivity index (χ3v) is 6.32. The highest BCUT2D eigenvalue weighted by molar-refractivity contribution is 7.16. The molecule has 0 aliphatic heterocycles. The van der Waals surface area contributed by atoms with Crippen molar-refractivity contribution in [3.63, 3.8) is 0 Å². The van der Waals surface area contributed by atoms with Crippen molar-refractivity contribution >= 4 is 17.3 Å². The molecule has 0 radical (unpaired) electrons. The zero-order valence-corrected chi connectivity index (χ0v) is 17.0. The molecular weight excluding hydrogens is 346 g/mol. The number of thiophene rings is 1. The van der Waals surface area contributed by atoms with Crippen LogP contribution in [0.4, 0.5) is 0 Å². The van der Waals surface area contributed by atoms with Crippen LogP contribution in [-0.4, -0.2) is 37.2 Å². The van der Waals surface area contributed by atoms with Gasteiger partial charge in [0.25, 0.3) is 0 Å². The Balaban J connectivity index is 2.18. The van der Waals surface area contributed by atoms with Gasteiger partial charge in [-0.1, -0.05) is 19.9 Å². The molecule has 3 rings (SSSR count). The molecule has 1 aliphatic rings. The van der Waals surface area contributed by atoms with Crippen LogP contribution in [-0.2, 0) is 19.4 Å². The van der Waals surface area contributed by atoms with Crippen molar-refractivity contribution in [2.45, 2.75) is 39.7 Å². The fraction of sp³-hybridized carbons (Fsp3) is 0.476. The summed E-state index contributed by atoms with van der Waals surface area (Å²) in [4.78, 5) is 16.3. The Morgan fingerprint density at radius 1 is 1.35 bits per heavy atom. The molecule has 1 heterocycles. The normalized spacial score (nSPS) is 15.8. The summed E-state index contributed by atoms with van der Waals surface area (Å²) in [7, 11) is 5.69. The van der Waals surface area contributed by atoms with Crippen LogP contribution in [0.5, 0.6) is 5.75 Å². The van der Waals surface area contributed by atoms with E-state index in [9.17, 15) is 9.90 Å². The zero-order chi connectivity index (χ0) is 19.1. The second-order valence-corrected chi connectivity index (χ2v) is 9.23. The van der Waals surface area contributed by atoms with E-state index in [4.69, 9.17) is 4.74 Å². The zero-order valence-electron chi connectivity index (χ0n) is 16.2. The maximum absolute atomic E-state index is 12.2. The quantitative estimate of drug-likeness (QED) is 0.825. The number of hydrogen-bond donors (Lipinski definition) is 1. The number of aryl methyl sites for hydroxylation is 1. The van der Waals surface area contributed by atoms with Gasteiger partial charge in [-0.05, 0) is 62.0 Å². The fourth-order valence-corrected chi connectivity index (χ4v) is 5.06. The number of rotatable bonds is 5. The van der Waals surface area contributed by atoms with Gasteiger partial charge in [0.05, 0.1) is 17.6 Å². The molecular formula is C21H27NO3S. The predicted octanol–water partition coefficient (Wildman–Crippen LogP) is 4.70. The lowest BCUT2D eigenvalue weighted by molar-refractivity contribution is 0.0696.